The zero-order valence-electron chi connectivity index (χ0n) is 15.6. The summed E-state index contributed by atoms with van der Waals surface area (Å²) >= 11 is 7.28. The van der Waals surface area contributed by atoms with E-state index >= 15 is 0 Å². The van der Waals surface area contributed by atoms with Gasteiger partial charge in [-0.2, -0.15) is 0 Å². The van der Waals surface area contributed by atoms with Crippen molar-refractivity contribution in [2.75, 3.05) is 10.2 Å². The first kappa shape index (κ1) is 18.6. The Morgan fingerprint density at radius 3 is 2.48 bits per heavy atom. The predicted molar refractivity (Wildman–Crippen MR) is 127 cm³/mol. The third-order valence-corrected chi connectivity index (χ3v) is 6.15. The number of hydrogen-bond donors (Lipinski definition) is 1. The van der Waals surface area contributed by atoms with Crippen LogP contribution in [0.25, 0.3) is 11.1 Å². The standard InChI is InChI=1S/C24H19Br2N3/c25-18-13-17(14-19(26)15-18)23-28-22-21(16-7-3-1-4-8-16)11-12-27-24(22)29(23)20-9-5-2-6-10-20/h1,3-5,7-15,23,28H,2,6H2. The fourth-order valence-electron chi connectivity index (χ4n) is 3.97. The zero-order chi connectivity index (χ0) is 19.8. The molecular weight excluding hydrogens is 490 g/mol. The topological polar surface area (TPSA) is 28.2 Å². The van der Waals surface area contributed by atoms with Crippen LogP contribution in [0.2, 0.25) is 0 Å². The van der Waals surface area contributed by atoms with E-state index in [2.05, 4.69) is 109 Å². The number of pyridine rings is 1. The Hall–Kier alpha value is -2.37. The lowest BCUT2D eigenvalue weighted by Crippen LogP contribution is -2.27. The van der Waals surface area contributed by atoms with Gasteiger partial charge in [0.05, 0.1) is 5.69 Å². The van der Waals surface area contributed by atoms with E-state index in [0.29, 0.717) is 0 Å². The normalized spacial score (nSPS) is 17.7. The van der Waals surface area contributed by atoms with Crippen LogP contribution < -0.4 is 10.2 Å². The number of hydrogen-bond acceptors (Lipinski definition) is 3. The van der Waals surface area contributed by atoms with Crippen LogP contribution in [-0.4, -0.2) is 4.98 Å². The number of aromatic nitrogens is 1. The summed E-state index contributed by atoms with van der Waals surface area (Å²) in [7, 11) is 0. The molecule has 0 fully saturated rings. The molecule has 5 heteroatoms. The van der Waals surface area contributed by atoms with Crippen molar-refractivity contribution in [1.82, 2.24) is 4.98 Å². The number of rotatable bonds is 3. The monoisotopic (exact) mass is 507 g/mol. The van der Waals surface area contributed by atoms with Crippen molar-refractivity contribution in [2.24, 2.45) is 0 Å². The highest BCUT2D eigenvalue weighted by atomic mass is 79.9. The number of nitrogens with zero attached hydrogens (tertiary/aromatic N) is 2. The molecule has 1 aliphatic heterocycles. The summed E-state index contributed by atoms with van der Waals surface area (Å²) in [5.41, 5.74) is 5.77. The van der Waals surface area contributed by atoms with E-state index in [9.17, 15) is 0 Å². The Morgan fingerprint density at radius 2 is 1.76 bits per heavy atom. The van der Waals surface area contributed by atoms with E-state index in [1.807, 2.05) is 12.3 Å². The lowest BCUT2D eigenvalue weighted by molar-refractivity contribution is 0.782. The van der Waals surface area contributed by atoms with Crippen LogP contribution in [-0.2, 0) is 0 Å². The molecule has 1 N–H and O–H groups in total. The first-order chi connectivity index (χ1) is 14.2. The summed E-state index contributed by atoms with van der Waals surface area (Å²) in [5.74, 6) is 0.963. The largest absolute Gasteiger partial charge is 0.358 e. The SMILES string of the molecule is Brc1cc(Br)cc(C2Nc3c(-c4ccccc4)ccnc3N2C2=CCCC=C2)c1. The molecule has 0 saturated heterocycles. The van der Waals surface area contributed by atoms with Gasteiger partial charge in [-0.25, -0.2) is 4.98 Å². The maximum atomic E-state index is 4.79. The van der Waals surface area contributed by atoms with Gasteiger partial charge >= 0.3 is 0 Å². The first-order valence-electron chi connectivity index (χ1n) is 9.63. The third-order valence-electron chi connectivity index (χ3n) is 5.24. The Balaban J connectivity index is 1.68. The maximum Gasteiger partial charge on any atom is 0.159 e. The molecule has 3 aromatic rings. The van der Waals surface area contributed by atoms with Gasteiger partial charge < -0.3 is 5.32 Å². The van der Waals surface area contributed by atoms with Crippen molar-refractivity contribution in [3.8, 4) is 11.1 Å². The van der Waals surface area contributed by atoms with E-state index < -0.39 is 0 Å². The molecule has 2 heterocycles. The number of nitrogens with one attached hydrogen (secondary N) is 1. The molecular formula is C24H19Br2N3. The van der Waals surface area contributed by atoms with Gasteiger partial charge in [-0.05, 0) is 54.3 Å². The molecule has 1 atom stereocenters. The highest BCUT2D eigenvalue weighted by molar-refractivity contribution is 9.11. The van der Waals surface area contributed by atoms with E-state index in [0.717, 1.165) is 38.9 Å². The second-order valence-electron chi connectivity index (χ2n) is 7.15. The second kappa shape index (κ2) is 7.81. The van der Waals surface area contributed by atoms with Crippen LogP contribution in [0.5, 0.6) is 0 Å². The van der Waals surface area contributed by atoms with Gasteiger partial charge in [0.2, 0.25) is 0 Å². The van der Waals surface area contributed by atoms with Crippen molar-refractivity contribution in [1.29, 1.82) is 0 Å². The molecule has 29 heavy (non-hydrogen) atoms. The zero-order valence-corrected chi connectivity index (χ0v) is 18.8. The summed E-state index contributed by atoms with van der Waals surface area (Å²) in [6.07, 6.45) is 10.7. The molecule has 144 valence electrons. The maximum absolute atomic E-state index is 4.79. The Morgan fingerprint density at radius 1 is 0.966 bits per heavy atom. The fourth-order valence-corrected chi connectivity index (χ4v) is 5.30. The van der Waals surface area contributed by atoms with Crippen LogP contribution in [0.4, 0.5) is 11.5 Å². The van der Waals surface area contributed by atoms with Crippen LogP contribution in [0, 0.1) is 0 Å². The minimum absolute atomic E-state index is 0.0369. The average molecular weight is 509 g/mol. The summed E-state index contributed by atoms with van der Waals surface area (Å²) in [5, 5.41) is 3.77. The second-order valence-corrected chi connectivity index (χ2v) is 8.98. The molecule has 5 rings (SSSR count). The van der Waals surface area contributed by atoms with Crippen molar-refractivity contribution in [2.45, 2.75) is 19.0 Å². The van der Waals surface area contributed by atoms with Crippen molar-refractivity contribution in [3.63, 3.8) is 0 Å². The lowest BCUT2D eigenvalue weighted by Gasteiger charge is -2.28. The first-order valence-corrected chi connectivity index (χ1v) is 11.2. The average Bonchev–Trinajstić information content (AvgIpc) is 3.14. The van der Waals surface area contributed by atoms with E-state index in [1.54, 1.807) is 0 Å². The fraction of sp³-hybridized carbons (Fsp3) is 0.125. The molecule has 0 radical (unpaired) electrons. The number of fused-ring (bicyclic) bond motifs is 1. The van der Waals surface area contributed by atoms with E-state index in [4.69, 9.17) is 4.98 Å². The predicted octanol–water partition coefficient (Wildman–Crippen LogP) is 7.44. The highest BCUT2D eigenvalue weighted by Gasteiger charge is 2.35. The van der Waals surface area contributed by atoms with E-state index in [-0.39, 0.29) is 6.17 Å². The summed E-state index contributed by atoms with van der Waals surface area (Å²) in [4.78, 5) is 7.10. The molecule has 0 amide bonds. The summed E-state index contributed by atoms with van der Waals surface area (Å²) < 4.78 is 2.09. The van der Waals surface area contributed by atoms with Crippen LogP contribution in [0.15, 0.2) is 93.7 Å². The number of halogens is 2. The van der Waals surface area contributed by atoms with Crippen molar-refractivity contribution >= 4 is 43.4 Å². The summed E-state index contributed by atoms with van der Waals surface area (Å²) in [6.45, 7) is 0. The summed E-state index contributed by atoms with van der Waals surface area (Å²) in [6, 6.07) is 19.0. The Kier molecular flexibility index (Phi) is 5.02. The molecule has 1 aliphatic carbocycles. The molecule has 1 unspecified atom stereocenters. The molecule has 0 spiro atoms. The van der Waals surface area contributed by atoms with Gasteiger partial charge in [0, 0.05) is 26.4 Å². The van der Waals surface area contributed by atoms with Crippen LogP contribution in [0.3, 0.4) is 0 Å². The minimum Gasteiger partial charge on any atom is -0.358 e. The number of allylic oxidation sites excluding steroid dienone is 3. The third kappa shape index (κ3) is 3.53. The molecule has 3 nitrogen and oxygen atoms in total. The minimum atomic E-state index is -0.0369. The van der Waals surface area contributed by atoms with Gasteiger partial charge in [0.25, 0.3) is 0 Å². The van der Waals surface area contributed by atoms with Crippen LogP contribution >= 0.6 is 31.9 Å². The van der Waals surface area contributed by atoms with Gasteiger partial charge in [0.1, 0.15) is 6.17 Å². The van der Waals surface area contributed by atoms with Gasteiger partial charge in [0.15, 0.2) is 5.82 Å². The molecule has 0 saturated carbocycles. The quantitative estimate of drug-likeness (QED) is 0.398. The lowest BCUT2D eigenvalue weighted by atomic mass is 10.1. The molecule has 2 aromatic carbocycles. The molecule has 1 aromatic heterocycles. The van der Waals surface area contributed by atoms with E-state index in [1.165, 1.54) is 16.8 Å². The van der Waals surface area contributed by atoms with Gasteiger partial charge in [-0.1, -0.05) is 74.3 Å². The van der Waals surface area contributed by atoms with Crippen molar-refractivity contribution in [3.05, 3.63) is 99.2 Å². The van der Waals surface area contributed by atoms with Crippen LogP contribution in [0.1, 0.15) is 24.6 Å². The highest BCUT2D eigenvalue weighted by Crippen LogP contribution is 2.47. The molecule has 0 bridgehead atoms. The Bertz CT molecular complexity index is 1100. The van der Waals surface area contributed by atoms with Gasteiger partial charge in [-0.15, -0.1) is 0 Å². The number of anilines is 2. The number of benzene rings is 2. The van der Waals surface area contributed by atoms with Crippen molar-refractivity contribution < 1.29 is 0 Å². The van der Waals surface area contributed by atoms with Gasteiger partial charge in [-0.3, -0.25) is 4.90 Å². The smallest absolute Gasteiger partial charge is 0.159 e. The Labute approximate surface area is 187 Å². The molecule has 2 aliphatic rings.